The van der Waals surface area contributed by atoms with E-state index in [1.54, 1.807) is 24.3 Å². The number of carbonyl (C=O) groups excluding carboxylic acids is 1. The normalized spacial score (nSPS) is 9.61. The van der Waals surface area contributed by atoms with Gasteiger partial charge in [-0.05, 0) is 36.4 Å². The fraction of sp³-hybridized carbons (Fsp3) is 0.207. The number of aromatic nitrogens is 1. The van der Waals surface area contributed by atoms with Crippen molar-refractivity contribution >= 4 is 34.2 Å². The zero-order valence-corrected chi connectivity index (χ0v) is 23.2. The van der Waals surface area contributed by atoms with Crippen LogP contribution in [0.3, 0.4) is 0 Å². The van der Waals surface area contributed by atoms with E-state index in [4.69, 9.17) is 21.4 Å². The van der Waals surface area contributed by atoms with Gasteiger partial charge in [-0.1, -0.05) is 65.9 Å². The van der Waals surface area contributed by atoms with Gasteiger partial charge in [-0.25, -0.2) is 4.79 Å². The average molecular weight is 585 g/mol. The van der Waals surface area contributed by atoms with Crippen molar-refractivity contribution in [2.24, 2.45) is 7.05 Å². The minimum absolute atomic E-state index is 0. The van der Waals surface area contributed by atoms with Gasteiger partial charge in [-0.15, -0.1) is 0 Å². The number of anilines is 1. The second-order valence-electron chi connectivity index (χ2n) is 7.95. The van der Waals surface area contributed by atoms with E-state index in [2.05, 4.69) is 11.8 Å². The van der Waals surface area contributed by atoms with Crippen LogP contribution in [0.15, 0.2) is 78.9 Å². The molecule has 0 radical (unpaired) electrons. The van der Waals surface area contributed by atoms with Gasteiger partial charge in [0, 0.05) is 117 Å². The number of aryl methyl sites for hydroxylation is 1. The van der Waals surface area contributed by atoms with E-state index in [9.17, 15) is 9.90 Å². The molecule has 0 aliphatic heterocycles. The number of ether oxygens (including phenoxy) is 1. The van der Waals surface area contributed by atoms with Gasteiger partial charge in [-0.3, -0.25) is 0 Å². The van der Waals surface area contributed by atoms with Crippen molar-refractivity contribution in [2.75, 3.05) is 25.1 Å². The topological polar surface area (TPSA) is 74.9 Å². The maximum atomic E-state index is 12.2. The average Bonchev–Trinajstić information content (AvgIpc) is 3.19. The van der Waals surface area contributed by atoms with Gasteiger partial charge in [0.25, 0.3) is 0 Å². The molecule has 202 valence electrons. The number of hydrogen-bond donors (Lipinski definition) is 2. The second kappa shape index (κ2) is 18.2. The molecule has 0 amide bonds. The molecule has 4 rings (SSSR count). The number of hydrogen-bond acceptors (Lipinski definition) is 5. The number of para-hydroxylation sites is 2. The van der Waals surface area contributed by atoms with Gasteiger partial charge in [0.05, 0.1) is 24.4 Å². The van der Waals surface area contributed by atoms with Crippen molar-refractivity contribution in [3.8, 4) is 11.8 Å². The SMILES string of the molecule is CN(CC#CCO)c1ccccc1.Cn1c(CO)c(COC(=O)c2cccc(Cl)c2)c2ccccc21.[Ar].[Ar]. The van der Waals surface area contributed by atoms with E-state index >= 15 is 0 Å². The van der Waals surface area contributed by atoms with Crippen LogP contribution in [0.4, 0.5) is 5.69 Å². The fourth-order valence-corrected chi connectivity index (χ4v) is 3.92. The minimum atomic E-state index is -0.440. The Morgan fingerprint density at radius 3 is 2.32 bits per heavy atom. The molecule has 0 fully saturated rings. The van der Waals surface area contributed by atoms with Gasteiger partial charge in [0.1, 0.15) is 13.2 Å². The number of aliphatic hydroxyl groups is 2. The van der Waals surface area contributed by atoms with Gasteiger partial charge in [-0.2, -0.15) is 0 Å². The second-order valence-corrected chi connectivity index (χ2v) is 8.39. The number of nitrogens with zero attached hydrogens (tertiary/aromatic N) is 2. The summed E-state index contributed by atoms with van der Waals surface area (Å²) in [4.78, 5) is 14.2. The number of halogens is 1. The summed E-state index contributed by atoms with van der Waals surface area (Å²) in [6, 6.07) is 24.4. The Kier molecular flexibility index (Phi) is 16.6. The third kappa shape index (κ3) is 9.74. The zero-order valence-electron chi connectivity index (χ0n) is 21.0. The van der Waals surface area contributed by atoms with Crippen molar-refractivity contribution in [3.63, 3.8) is 0 Å². The first-order valence-electron chi connectivity index (χ1n) is 11.4. The van der Waals surface area contributed by atoms with Crippen LogP contribution in [-0.4, -0.2) is 40.9 Å². The molecule has 0 unspecified atom stereocenters. The summed E-state index contributed by atoms with van der Waals surface area (Å²) < 4.78 is 7.33. The third-order valence-corrected chi connectivity index (χ3v) is 5.85. The van der Waals surface area contributed by atoms with E-state index in [0.29, 0.717) is 17.1 Å². The van der Waals surface area contributed by atoms with Crippen molar-refractivity contribution in [1.82, 2.24) is 4.57 Å². The number of aliphatic hydroxyl groups excluding tert-OH is 2. The Labute approximate surface area is 288 Å². The summed E-state index contributed by atoms with van der Waals surface area (Å²) in [7, 11) is 3.86. The Morgan fingerprint density at radius 1 is 0.974 bits per heavy atom. The molecule has 0 aliphatic carbocycles. The zero-order chi connectivity index (χ0) is 25.9. The molecule has 0 atom stereocenters. The van der Waals surface area contributed by atoms with Crippen LogP contribution in [0.5, 0.6) is 0 Å². The van der Waals surface area contributed by atoms with Crippen molar-refractivity contribution in [2.45, 2.75) is 13.2 Å². The Bertz CT molecular complexity index is 1370. The number of esters is 1. The number of rotatable bonds is 6. The summed E-state index contributed by atoms with van der Waals surface area (Å²) in [5.74, 6) is 5.03. The molecular weight excluding hydrogens is 556 g/mol. The summed E-state index contributed by atoms with van der Waals surface area (Å²) in [6.07, 6.45) is 0. The summed E-state index contributed by atoms with van der Waals surface area (Å²) in [5.41, 5.74) is 4.09. The van der Waals surface area contributed by atoms with Crippen LogP contribution in [-0.2, 0) is 25.0 Å². The van der Waals surface area contributed by atoms with Gasteiger partial charge < -0.3 is 24.4 Å². The molecule has 2 N–H and O–H groups in total. The Balaban J connectivity index is 0.000000415. The first-order chi connectivity index (χ1) is 17.5. The summed E-state index contributed by atoms with van der Waals surface area (Å²) in [5, 5.41) is 19.6. The standard InChI is InChI=1S/C18H16ClNO3.C11H13NO.2Ar/c1-20-16-8-3-2-7-14(16)15(17(20)10-21)11-23-18(22)12-5-4-6-13(19)9-12;1-12(9-5-6-10-13)11-7-3-2-4-8-11;;/h2-9,21H,10-11H2,1H3;2-4,7-8,13H,9-10H2,1H3;;. The Morgan fingerprint density at radius 2 is 1.66 bits per heavy atom. The van der Waals surface area contributed by atoms with Crippen LogP contribution >= 0.6 is 11.6 Å². The quantitative estimate of drug-likeness (QED) is 0.252. The largest absolute Gasteiger partial charge is 0.457 e. The van der Waals surface area contributed by atoms with Crippen LogP contribution in [0, 0.1) is 87.3 Å². The molecule has 6 nitrogen and oxygen atoms in total. The van der Waals surface area contributed by atoms with Crippen LogP contribution in [0.2, 0.25) is 5.02 Å². The van der Waals surface area contributed by atoms with Gasteiger partial charge in [0.2, 0.25) is 0 Å². The van der Waals surface area contributed by atoms with Gasteiger partial charge in [0.15, 0.2) is 0 Å². The molecule has 0 saturated heterocycles. The maximum Gasteiger partial charge on any atom is 0.338 e. The number of benzene rings is 3. The summed E-state index contributed by atoms with van der Waals surface area (Å²) >= 11 is 5.89. The predicted molar refractivity (Wildman–Crippen MR) is 144 cm³/mol. The van der Waals surface area contributed by atoms with E-state index in [1.165, 1.54) is 0 Å². The van der Waals surface area contributed by atoms with Crippen LogP contribution in [0.25, 0.3) is 10.9 Å². The molecule has 0 bridgehead atoms. The Hall–Kier alpha value is -1.24. The molecule has 0 saturated carbocycles. The molecule has 1 aromatic heterocycles. The molecule has 3 aromatic carbocycles. The van der Waals surface area contributed by atoms with E-state index in [1.807, 2.05) is 78.2 Å². The first-order valence-corrected chi connectivity index (χ1v) is 11.8. The molecule has 38 heavy (non-hydrogen) atoms. The van der Waals surface area contributed by atoms with Crippen LogP contribution in [0.1, 0.15) is 21.6 Å². The van der Waals surface area contributed by atoms with E-state index < -0.39 is 5.97 Å². The number of carbonyl (C=O) groups is 1. The summed E-state index contributed by atoms with van der Waals surface area (Å²) in [6.45, 7) is 0.561. The van der Waals surface area contributed by atoms with Crippen molar-refractivity contribution in [3.05, 3.63) is 101 Å². The van der Waals surface area contributed by atoms with Gasteiger partial charge >= 0.3 is 5.97 Å². The van der Waals surface area contributed by atoms with Crippen molar-refractivity contribution in [1.29, 1.82) is 0 Å². The molecule has 1 heterocycles. The number of fused-ring (bicyclic) bond motifs is 1. The molecule has 0 aliphatic rings. The molecule has 0 spiro atoms. The van der Waals surface area contributed by atoms with Crippen molar-refractivity contribution < 1.29 is 95.2 Å². The molecular formula is C29H29Ar2ClN2O4. The molecule has 4 aromatic rings. The smallest absolute Gasteiger partial charge is 0.338 e. The van der Waals surface area contributed by atoms with Crippen LogP contribution < -0.4 is 4.90 Å². The predicted octanol–water partition coefficient (Wildman–Crippen LogP) is 4.80. The first kappa shape index (κ1) is 34.8. The van der Waals surface area contributed by atoms with E-state index in [0.717, 1.165) is 27.8 Å². The van der Waals surface area contributed by atoms with E-state index in [-0.39, 0.29) is 95.3 Å². The fourth-order valence-electron chi connectivity index (χ4n) is 3.73. The third-order valence-electron chi connectivity index (χ3n) is 5.62. The minimum Gasteiger partial charge on any atom is -0.457 e. The molecule has 9 heteroatoms. The monoisotopic (exact) mass is 584 g/mol. The maximum absolute atomic E-state index is 12.2.